The summed E-state index contributed by atoms with van der Waals surface area (Å²) in [5, 5.41) is 33.4. The molecule has 0 heterocycles. The summed E-state index contributed by atoms with van der Waals surface area (Å²) < 4.78 is 0. The summed E-state index contributed by atoms with van der Waals surface area (Å²) in [6.45, 7) is 6.15. The average Bonchev–Trinajstić information content (AvgIpc) is 2.79. The van der Waals surface area contributed by atoms with Crippen molar-refractivity contribution in [3.8, 4) is 11.5 Å². The van der Waals surface area contributed by atoms with Crippen molar-refractivity contribution in [2.24, 2.45) is 21.3 Å². The molecule has 24 heavy (non-hydrogen) atoms. The number of nitrogens with zero attached hydrogens (tertiary/aromatic N) is 1. The van der Waals surface area contributed by atoms with E-state index in [4.69, 9.17) is 0 Å². The van der Waals surface area contributed by atoms with E-state index < -0.39 is 11.5 Å². The van der Waals surface area contributed by atoms with Gasteiger partial charge in [0.25, 0.3) is 0 Å². The zero-order chi connectivity index (χ0) is 17.8. The van der Waals surface area contributed by atoms with Gasteiger partial charge in [0.05, 0.1) is 17.7 Å². The molecule has 1 amide bonds. The van der Waals surface area contributed by atoms with E-state index in [-0.39, 0.29) is 28.2 Å². The van der Waals surface area contributed by atoms with Crippen LogP contribution >= 0.6 is 0 Å². The number of aromatic hydroxyl groups is 2. The Labute approximate surface area is 141 Å². The molecule has 6 nitrogen and oxygen atoms in total. The number of rotatable bonds is 3. The van der Waals surface area contributed by atoms with Crippen molar-refractivity contribution in [2.45, 2.75) is 46.1 Å². The van der Waals surface area contributed by atoms with Crippen molar-refractivity contribution < 1.29 is 20.1 Å². The van der Waals surface area contributed by atoms with Crippen LogP contribution in [0.3, 0.4) is 0 Å². The number of aliphatic hydroxyl groups excluding tert-OH is 1. The third-order valence-electron chi connectivity index (χ3n) is 6.79. The van der Waals surface area contributed by atoms with Crippen molar-refractivity contribution in [1.82, 2.24) is 5.43 Å². The highest BCUT2D eigenvalue weighted by atomic mass is 16.3. The quantitative estimate of drug-likeness (QED) is 0.503. The van der Waals surface area contributed by atoms with Gasteiger partial charge in [-0.3, -0.25) is 4.79 Å². The Morgan fingerprint density at radius 3 is 2.54 bits per heavy atom. The summed E-state index contributed by atoms with van der Waals surface area (Å²) in [6.07, 6.45) is 2.85. The van der Waals surface area contributed by atoms with Crippen LogP contribution in [0.2, 0.25) is 0 Å². The number of benzene rings is 1. The molecule has 3 rings (SSSR count). The molecule has 0 spiro atoms. The molecule has 6 heteroatoms. The van der Waals surface area contributed by atoms with Crippen LogP contribution < -0.4 is 5.43 Å². The van der Waals surface area contributed by atoms with Gasteiger partial charge in [0.15, 0.2) is 0 Å². The maximum Gasteiger partial charge on any atom is 0.246 e. The molecule has 0 radical (unpaired) electrons. The number of carbonyl (C=O) groups is 1. The first-order chi connectivity index (χ1) is 11.1. The van der Waals surface area contributed by atoms with Crippen LogP contribution in [0.25, 0.3) is 0 Å². The van der Waals surface area contributed by atoms with E-state index in [0.29, 0.717) is 12.0 Å². The zero-order valence-corrected chi connectivity index (χ0v) is 14.2. The lowest BCUT2D eigenvalue weighted by Crippen LogP contribution is -2.45. The number of aliphatic hydroxyl groups is 1. The molecule has 2 aliphatic rings. The molecule has 0 saturated heterocycles. The molecule has 130 valence electrons. The highest BCUT2D eigenvalue weighted by Gasteiger charge is 2.72. The predicted molar refractivity (Wildman–Crippen MR) is 89.7 cm³/mol. The lowest BCUT2D eigenvalue weighted by Gasteiger charge is -2.39. The SMILES string of the molecule is CC12CCC(C(=O)N/N=C/c3ccc(O)cc3O)(CC1O)C2(C)C. The first-order valence-corrected chi connectivity index (χ1v) is 8.18. The summed E-state index contributed by atoms with van der Waals surface area (Å²) in [5.41, 5.74) is 1.76. The Kier molecular flexibility index (Phi) is 3.64. The van der Waals surface area contributed by atoms with Crippen LogP contribution in [0.5, 0.6) is 11.5 Å². The second-order valence-corrected chi connectivity index (χ2v) is 7.79. The first kappa shape index (κ1) is 16.8. The number of carbonyl (C=O) groups excluding carboxylic acids is 1. The fourth-order valence-electron chi connectivity index (χ4n) is 4.54. The lowest BCUT2D eigenvalue weighted by molar-refractivity contribution is -0.136. The summed E-state index contributed by atoms with van der Waals surface area (Å²) in [6, 6.07) is 4.15. The molecule has 0 aromatic heterocycles. The van der Waals surface area contributed by atoms with Gasteiger partial charge in [0, 0.05) is 11.6 Å². The van der Waals surface area contributed by atoms with Gasteiger partial charge in [0.1, 0.15) is 11.5 Å². The fourth-order valence-corrected chi connectivity index (χ4v) is 4.54. The van der Waals surface area contributed by atoms with Crippen molar-refractivity contribution in [1.29, 1.82) is 0 Å². The molecule has 2 saturated carbocycles. The number of nitrogens with one attached hydrogen (secondary N) is 1. The van der Waals surface area contributed by atoms with E-state index in [1.807, 2.05) is 13.8 Å². The van der Waals surface area contributed by atoms with E-state index >= 15 is 0 Å². The van der Waals surface area contributed by atoms with E-state index in [1.54, 1.807) is 0 Å². The molecule has 0 aliphatic heterocycles. The van der Waals surface area contributed by atoms with Gasteiger partial charge in [-0.05, 0) is 42.2 Å². The Morgan fingerprint density at radius 2 is 2.00 bits per heavy atom. The molecule has 4 N–H and O–H groups in total. The molecule has 2 fully saturated rings. The number of phenolic OH excluding ortho intramolecular Hbond substituents is 2. The molecule has 2 bridgehead atoms. The third kappa shape index (κ3) is 2.05. The van der Waals surface area contributed by atoms with E-state index in [9.17, 15) is 20.1 Å². The molecule has 2 aliphatic carbocycles. The van der Waals surface area contributed by atoms with Gasteiger partial charge < -0.3 is 15.3 Å². The molecule has 3 atom stereocenters. The number of phenols is 2. The van der Waals surface area contributed by atoms with Crippen LogP contribution in [-0.4, -0.2) is 33.5 Å². The zero-order valence-electron chi connectivity index (χ0n) is 14.2. The standard InChI is InChI=1S/C18H24N2O4/c1-16(2)17(3)6-7-18(16,9-14(17)23)15(24)20-19-10-11-4-5-12(21)8-13(11)22/h4-5,8,10,14,21-23H,6-7,9H2,1-3H3,(H,20,24)/b19-10+. The summed E-state index contributed by atoms with van der Waals surface area (Å²) >= 11 is 0. The van der Waals surface area contributed by atoms with Crippen LogP contribution in [-0.2, 0) is 4.79 Å². The number of hydrazone groups is 1. The highest BCUT2D eigenvalue weighted by molar-refractivity contribution is 5.88. The van der Waals surface area contributed by atoms with Gasteiger partial charge >= 0.3 is 0 Å². The minimum Gasteiger partial charge on any atom is -0.508 e. The fraction of sp³-hybridized carbons (Fsp3) is 0.556. The number of fused-ring (bicyclic) bond motifs is 2. The number of hydrogen-bond donors (Lipinski definition) is 4. The smallest absolute Gasteiger partial charge is 0.246 e. The highest BCUT2D eigenvalue weighted by Crippen LogP contribution is 2.72. The van der Waals surface area contributed by atoms with Gasteiger partial charge in [-0.1, -0.05) is 20.8 Å². The van der Waals surface area contributed by atoms with Crippen LogP contribution in [0.1, 0.15) is 45.6 Å². The third-order valence-corrected chi connectivity index (χ3v) is 6.79. The molecule has 1 aromatic rings. The van der Waals surface area contributed by atoms with Gasteiger partial charge in [-0.15, -0.1) is 0 Å². The van der Waals surface area contributed by atoms with Crippen LogP contribution in [0, 0.1) is 16.2 Å². The lowest BCUT2D eigenvalue weighted by atomic mass is 9.64. The van der Waals surface area contributed by atoms with Crippen molar-refractivity contribution in [3.63, 3.8) is 0 Å². The summed E-state index contributed by atoms with van der Waals surface area (Å²) in [5.74, 6) is -0.349. The van der Waals surface area contributed by atoms with Crippen LogP contribution in [0.15, 0.2) is 23.3 Å². The van der Waals surface area contributed by atoms with Crippen molar-refractivity contribution in [3.05, 3.63) is 23.8 Å². The van der Waals surface area contributed by atoms with E-state index in [2.05, 4.69) is 17.5 Å². The topological polar surface area (TPSA) is 102 Å². The van der Waals surface area contributed by atoms with Gasteiger partial charge in [0.2, 0.25) is 5.91 Å². The second-order valence-electron chi connectivity index (χ2n) is 7.79. The first-order valence-electron chi connectivity index (χ1n) is 8.18. The average molecular weight is 332 g/mol. The Bertz CT molecular complexity index is 715. The van der Waals surface area contributed by atoms with Crippen LogP contribution in [0.4, 0.5) is 0 Å². The Hall–Kier alpha value is -2.08. The Balaban J connectivity index is 1.77. The van der Waals surface area contributed by atoms with Gasteiger partial charge in [-0.25, -0.2) is 5.43 Å². The molecule has 3 unspecified atom stereocenters. The minimum atomic E-state index is -0.629. The molecular formula is C18H24N2O4. The number of hydrogen-bond acceptors (Lipinski definition) is 5. The predicted octanol–water partition coefficient (Wildman–Crippen LogP) is 2.13. The maximum absolute atomic E-state index is 12.8. The Morgan fingerprint density at radius 1 is 1.29 bits per heavy atom. The molecular weight excluding hydrogens is 308 g/mol. The van der Waals surface area contributed by atoms with Crippen molar-refractivity contribution in [2.75, 3.05) is 0 Å². The second kappa shape index (κ2) is 5.21. The normalized spacial score (nSPS) is 33.9. The monoisotopic (exact) mass is 332 g/mol. The number of amides is 1. The molecule has 1 aromatic carbocycles. The summed E-state index contributed by atoms with van der Waals surface area (Å²) in [7, 11) is 0. The van der Waals surface area contributed by atoms with Crippen molar-refractivity contribution >= 4 is 12.1 Å². The maximum atomic E-state index is 12.8. The summed E-state index contributed by atoms with van der Waals surface area (Å²) in [4.78, 5) is 12.8. The van der Waals surface area contributed by atoms with E-state index in [0.717, 1.165) is 12.8 Å². The van der Waals surface area contributed by atoms with E-state index in [1.165, 1.54) is 24.4 Å². The minimum absolute atomic E-state index is 0.0421. The van der Waals surface area contributed by atoms with Gasteiger partial charge in [-0.2, -0.15) is 5.10 Å². The largest absolute Gasteiger partial charge is 0.508 e.